The second-order valence-electron chi connectivity index (χ2n) is 13.7. The molecule has 0 aromatic heterocycles. The van der Waals surface area contributed by atoms with E-state index in [4.69, 9.17) is 28.1 Å². The highest BCUT2D eigenvalue weighted by Gasteiger charge is 2.49. The summed E-state index contributed by atoms with van der Waals surface area (Å²) in [5, 5.41) is 5.71. The molecule has 0 spiro atoms. The fraction of sp³-hybridized carbons (Fsp3) is 0.474. The van der Waals surface area contributed by atoms with Crippen LogP contribution in [-0.4, -0.2) is 70.7 Å². The van der Waals surface area contributed by atoms with E-state index < -0.39 is 45.1 Å². The summed E-state index contributed by atoms with van der Waals surface area (Å²) in [5.41, 5.74) is 2.86. The number of rotatable bonds is 16. The van der Waals surface area contributed by atoms with Gasteiger partial charge in [-0.25, -0.2) is 4.79 Å². The summed E-state index contributed by atoms with van der Waals surface area (Å²) in [6, 6.07) is 28.5. The summed E-state index contributed by atoms with van der Waals surface area (Å²) in [7, 11) is -2.19. The van der Waals surface area contributed by atoms with E-state index in [1.54, 1.807) is 0 Å². The van der Waals surface area contributed by atoms with Gasteiger partial charge in [-0.15, -0.1) is 0 Å². The molecule has 1 aliphatic heterocycles. The van der Waals surface area contributed by atoms with E-state index in [9.17, 15) is 9.59 Å². The third kappa shape index (κ3) is 12.1. The van der Waals surface area contributed by atoms with Crippen molar-refractivity contribution in [1.29, 1.82) is 0 Å². The number of hydrogen-bond acceptors (Lipinski definition) is 8. The van der Waals surface area contributed by atoms with Gasteiger partial charge < -0.3 is 38.7 Å². The predicted molar refractivity (Wildman–Crippen MR) is 190 cm³/mol. The maximum Gasteiger partial charge on any atom is 0.407 e. The third-order valence-corrected chi connectivity index (χ3v) is 13.4. The van der Waals surface area contributed by atoms with Gasteiger partial charge in [-0.2, -0.15) is 0 Å². The summed E-state index contributed by atoms with van der Waals surface area (Å²) in [6.07, 6.45) is -3.34. The minimum absolute atomic E-state index is 0.0271. The molecule has 266 valence electrons. The molecule has 3 aromatic rings. The maximum atomic E-state index is 12.6. The fourth-order valence-corrected chi connectivity index (χ4v) is 6.12. The number of amides is 2. The molecule has 1 fully saturated rings. The van der Waals surface area contributed by atoms with Crippen LogP contribution in [0.2, 0.25) is 18.1 Å². The first kappa shape index (κ1) is 38.2. The molecule has 1 heterocycles. The van der Waals surface area contributed by atoms with Gasteiger partial charge in [0.25, 0.3) is 0 Å². The van der Waals surface area contributed by atoms with E-state index in [-0.39, 0.29) is 43.9 Å². The number of carbonyl (C=O) groups excluding carboxylic acids is 2. The molecule has 1 aliphatic rings. The minimum Gasteiger partial charge on any atom is -0.445 e. The molecule has 0 radical (unpaired) electrons. The lowest BCUT2D eigenvalue weighted by Gasteiger charge is -2.47. The first-order chi connectivity index (χ1) is 23.4. The van der Waals surface area contributed by atoms with Crippen molar-refractivity contribution in [1.82, 2.24) is 10.6 Å². The minimum atomic E-state index is -2.19. The molecule has 3 aromatic carbocycles. The third-order valence-electron chi connectivity index (χ3n) is 8.87. The predicted octanol–water partition coefficient (Wildman–Crippen LogP) is 6.35. The zero-order chi connectivity index (χ0) is 35.3. The number of nitrogens with one attached hydrogen (secondary N) is 2. The molecule has 11 heteroatoms. The molecule has 10 nitrogen and oxygen atoms in total. The van der Waals surface area contributed by atoms with E-state index in [1.165, 1.54) is 6.92 Å². The average molecular weight is 693 g/mol. The van der Waals surface area contributed by atoms with Gasteiger partial charge in [0.15, 0.2) is 14.6 Å². The molecular formula is C38H52N2O8Si. The van der Waals surface area contributed by atoms with E-state index in [1.807, 2.05) is 91.0 Å². The smallest absolute Gasteiger partial charge is 0.407 e. The SMILES string of the molecule is CC(=O)NC1[C@@H](OCCNC(=O)OCc2ccccc2)OC(CO[Si](C)(C)C(C)(C)C)[C@@H](OCc2ccccc2)[C@H]1OCc1ccccc1. The van der Waals surface area contributed by atoms with Crippen LogP contribution in [0.5, 0.6) is 0 Å². The van der Waals surface area contributed by atoms with Gasteiger partial charge >= 0.3 is 6.09 Å². The Kier molecular flexibility index (Phi) is 14.4. The monoisotopic (exact) mass is 692 g/mol. The Morgan fingerprint density at radius 2 is 1.27 bits per heavy atom. The number of ether oxygens (including phenoxy) is 5. The summed E-state index contributed by atoms with van der Waals surface area (Å²) in [4.78, 5) is 25.0. The lowest BCUT2D eigenvalue weighted by atomic mass is 9.96. The molecule has 49 heavy (non-hydrogen) atoms. The normalized spacial score (nSPS) is 21.1. The van der Waals surface area contributed by atoms with Crippen molar-refractivity contribution in [3.8, 4) is 0 Å². The van der Waals surface area contributed by atoms with Crippen molar-refractivity contribution in [2.45, 2.75) is 96.3 Å². The maximum absolute atomic E-state index is 12.6. The second-order valence-corrected chi connectivity index (χ2v) is 18.5. The van der Waals surface area contributed by atoms with E-state index >= 15 is 0 Å². The van der Waals surface area contributed by atoms with Crippen molar-refractivity contribution >= 4 is 20.3 Å². The van der Waals surface area contributed by atoms with Gasteiger partial charge in [0.1, 0.15) is 31.0 Å². The van der Waals surface area contributed by atoms with E-state index in [0.717, 1.165) is 16.7 Å². The highest BCUT2D eigenvalue weighted by Crippen LogP contribution is 2.38. The molecule has 2 N–H and O–H groups in total. The van der Waals surface area contributed by atoms with Crippen LogP contribution in [0.1, 0.15) is 44.4 Å². The van der Waals surface area contributed by atoms with Crippen molar-refractivity contribution in [2.24, 2.45) is 0 Å². The van der Waals surface area contributed by atoms with Crippen LogP contribution in [0.25, 0.3) is 0 Å². The average Bonchev–Trinajstić information content (AvgIpc) is 3.08. The van der Waals surface area contributed by atoms with Crippen LogP contribution >= 0.6 is 0 Å². The molecule has 0 aliphatic carbocycles. The Morgan fingerprint density at radius 3 is 1.78 bits per heavy atom. The Balaban J connectivity index is 1.54. The molecule has 2 unspecified atom stereocenters. The highest BCUT2D eigenvalue weighted by molar-refractivity contribution is 6.74. The van der Waals surface area contributed by atoms with Crippen molar-refractivity contribution in [2.75, 3.05) is 19.8 Å². The molecular weight excluding hydrogens is 641 g/mol. The fourth-order valence-electron chi connectivity index (χ4n) is 5.11. The molecule has 4 rings (SSSR count). The van der Waals surface area contributed by atoms with Gasteiger partial charge in [-0.1, -0.05) is 112 Å². The summed E-state index contributed by atoms with van der Waals surface area (Å²) in [6.45, 7) is 13.6. The van der Waals surface area contributed by atoms with Crippen LogP contribution in [0.4, 0.5) is 4.79 Å². The van der Waals surface area contributed by atoms with Crippen LogP contribution in [-0.2, 0) is 52.7 Å². The second kappa shape index (κ2) is 18.4. The van der Waals surface area contributed by atoms with Gasteiger partial charge in [-0.3, -0.25) is 4.79 Å². The van der Waals surface area contributed by atoms with Crippen LogP contribution in [0, 0.1) is 0 Å². The quantitative estimate of drug-likeness (QED) is 0.132. The standard InChI is InChI=1S/C38H52N2O8Si/c1-28(41)40-33-35(45-25-30-18-12-8-13-19-30)34(44-24-29-16-10-7-11-17-29)32(27-47-49(5,6)38(2,3)4)48-36(33)43-23-22-39-37(42)46-26-31-20-14-9-15-21-31/h7-21,32-36H,22-27H2,1-6H3,(H,39,42)(H,40,41)/t32?,33?,34-,35+,36+/m1/s1. The Morgan fingerprint density at radius 1 is 0.755 bits per heavy atom. The zero-order valence-corrected chi connectivity index (χ0v) is 30.6. The van der Waals surface area contributed by atoms with Gasteiger partial charge in [0, 0.05) is 13.5 Å². The number of alkyl carbamates (subject to hydrolysis) is 1. The topological polar surface area (TPSA) is 114 Å². The lowest BCUT2D eigenvalue weighted by Crippen LogP contribution is -2.66. The highest BCUT2D eigenvalue weighted by atomic mass is 28.4. The number of carbonyl (C=O) groups is 2. The molecule has 0 bridgehead atoms. The molecule has 0 saturated carbocycles. The van der Waals surface area contributed by atoms with Gasteiger partial charge in [0.05, 0.1) is 26.4 Å². The number of benzene rings is 3. The van der Waals surface area contributed by atoms with Gasteiger partial charge in [-0.05, 0) is 34.8 Å². The number of hydrogen-bond donors (Lipinski definition) is 2. The van der Waals surface area contributed by atoms with Crippen LogP contribution in [0.15, 0.2) is 91.0 Å². The first-order valence-corrected chi connectivity index (χ1v) is 19.8. The Hall–Kier alpha value is -3.58. The van der Waals surface area contributed by atoms with Crippen LogP contribution in [0.3, 0.4) is 0 Å². The largest absolute Gasteiger partial charge is 0.445 e. The van der Waals surface area contributed by atoms with Crippen molar-refractivity contribution in [3.63, 3.8) is 0 Å². The molecule has 2 amide bonds. The molecule has 5 atom stereocenters. The Bertz CT molecular complexity index is 1420. The van der Waals surface area contributed by atoms with Crippen molar-refractivity contribution < 1.29 is 37.7 Å². The van der Waals surface area contributed by atoms with E-state index in [2.05, 4.69) is 44.5 Å². The summed E-state index contributed by atoms with van der Waals surface area (Å²) >= 11 is 0. The first-order valence-electron chi connectivity index (χ1n) is 16.9. The van der Waals surface area contributed by atoms with Crippen LogP contribution < -0.4 is 10.6 Å². The van der Waals surface area contributed by atoms with Gasteiger partial charge in [0.2, 0.25) is 5.91 Å². The molecule has 1 saturated heterocycles. The lowest BCUT2D eigenvalue weighted by molar-refractivity contribution is -0.286. The summed E-state index contributed by atoms with van der Waals surface area (Å²) < 4.78 is 38.1. The summed E-state index contributed by atoms with van der Waals surface area (Å²) in [5.74, 6) is -0.268. The van der Waals surface area contributed by atoms with Crippen molar-refractivity contribution in [3.05, 3.63) is 108 Å². The Labute approximate surface area is 291 Å². The zero-order valence-electron chi connectivity index (χ0n) is 29.6. The van der Waals surface area contributed by atoms with E-state index in [0.29, 0.717) is 6.61 Å².